The summed E-state index contributed by atoms with van der Waals surface area (Å²) in [6.45, 7) is 1.57. The second-order valence-electron chi connectivity index (χ2n) is 10.6. The van der Waals surface area contributed by atoms with E-state index in [1.54, 1.807) is 6.26 Å². The number of aliphatic carboxylic acids is 1. The maximum Gasteiger partial charge on any atom is 0.326 e. The zero-order chi connectivity index (χ0) is 35.9. The number of thioether (sulfide) groups is 1. The van der Waals surface area contributed by atoms with Crippen molar-refractivity contribution in [3.05, 3.63) is 0 Å². The van der Waals surface area contributed by atoms with Gasteiger partial charge in [-0.05, 0) is 70.4 Å². The lowest BCUT2D eigenvalue weighted by Crippen LogP contribution is -2.58. The van der Waals surface area contributed by atoms with Crippen LogP contribution in [-0.2, 0) is 33.6 Å². The van der Waals surface area contributed by atoms with E-state index in [1.165, 1.54) is 18.7 Å². The van der Waals surface area contributed by atoms with Gasteiger partial charge in [0.15, 0.2) is 5.96 Å². The van der Waals surface area contributed by atoms with Crippen molar-refractivity contribution in [2.24, 2.45) is 33.7 Å². The fourth-order valence-corrected chi connectivity index (χ4v) is 4.53. The molecule has 0 rings (SSSR count). The Morgan fingerprint density at radius 2 is 1.23 bits per heavy atom. The van der Waals surface area contributed by atoms with Crippen LogP contribution < -0.4 is 55.3 Å². The molecular weight excluding hydrogens is 638 g/mol. The number of unbranched alkanes of at least 4 members (excludes halogenated alkanes) is 1. The summed E-state index contributed by atoms with van der Waals surface area (Å²) in [5, 5.41) is 22.0. The number of carbonyl (C=O) groups is 7. The van der Waals surface area contributed by atoms with Crippen molar-refractivity contribution in [3.8, 4) is 0 Å². The van der Waals surface area contributed by atoms with Crippen LogP contribution in [0, 0.1) is 0 Å². The van der Waals surface area contributed by atoms with Gasteiger partial charge in [0.1, 0.15) is 30.2 Å². The molecular formula is C27H51N11O8S. The van der Waals surface area contributed by atoms with Crippen LogP contribution >= 0.6 is 11.8 Å². The molecule has 5 atom stereocenters. The van der Waals surface area contributed by atoms with Crippen molar-refractivity contribution in [1.82, 2.24) is 26.6 Å². The van der Waals surface area contributed by atoms with E-state index in [4.69, 9.17) is 28.7 Å². The Bertz CT molecular complexity index is 1090. The van der Waals surface area contributed by atoms with E-state index in [0.717, 1.165) is 0 Å². The highest BCUT2D eigenvalue weighted by Gasteiger charge is 2.31. The van der Waals surface area contributed by atoms with Crippen LogP contribution in [-0.4, -0.2) is 114 Å². The molecule has 0 unspecified atom stereocenters. The molecule has 0 aliphatic rings. The number of nitrogens with one attached hydrogen (secondary N) is 5. The van der Waals surface area contributed by atoms with Gasteiger partial charge < -0.3 is 60.4 Å². The lowest BCUT2D eigenvalue weighted by molar-refractivity contribution is -0.142. The topological polar surface area (TPSA) is 342 Å². The molecule has 16 N–H and O–H groups in total. The third-order valence-electron chi connectivity index (χ3n) is 6.65. The van der Waals surface area contributed by atoms with Gasteiger partial charge in [0.05, 0.1) is 6.54 Å². The minimum atomic E-state index is -1.46. The third-order valence-corrected chi connectivity index (χ3v) is 7.30. The van der Waals surface area contributed by atoms with Gasteiger partial charge >= 0.3 is 5.97 Å². The number of carboxylic acid groups (broad SMARTS) is 1. The van der Waals surface area contributed by atoms with Crippen LogP contribution in [0.4, 0.5) is 0 Å². The summed E-state index contributed by atoms with van der Waals surface area (Å²) in [7, 11) is 0. The predicted molar refractivity (Wildman–Crippen MR) is 176 cm³/mol. The van der Waals surface area contributed by atoms with E-state index in [2.05, 4.69) is 31.6 Å². The number of aliphatic imine (C=N–C) groups is 1. The average Bonchev–Trinajstić information content (AvgIpc) is 3.01. The first-order chi connectivity index (χ1) is 22.2. The SMILES string of the molecule is CSCC[C@H](NC(=O)[C@H](C)NC(=O)[C@H](CCCCN)NC(=O)CN)C(=O)N[C@@H](CCCN=C(N)N)C(=O)N[C@@H](CCC(N)=O)C(=O)O. The Hall–Kier alpha value is -4.17. The highest BCUT2D eigenvalue weighted by molar-refractivity contribution is 7.98. The lowest BCUT2D eigenvalue weighted by atomic mass is 10.1. The van der Waals surface area contributed by atoms with Crippen LogP contribution in [0.1, 0.15) is 58.3 Å². The average molecular weight is 690 g/mol. The molecule has 0 fully saturated rings. The first-order valence-electron chi connectivity index (χ1n) is 15.1. The summed E-state index contributed by atoms with van der Waals surface area (Å²) in [5.41, 5.74) is 26.7. The number of amides is 6. The number of carboxylic acids is 1. The minimum Gasteiger partial charge on any atom is -0.480 e. The number of guanidine groups is 1. The van der Waals surface area contributed by atoms with Crippen LogP contribution in [0.15, 0.2) is 4.99 Å². The monoisotopic (exact) mass is 689 g/mol. The normalized spacial score (nSPS) is 13.9. The summed E-state index contributed by atoms with van der Waals surface area (Å²) in [6, 6.07) is -5.96. The first-order valence-corrected chi connectivity index (χ1v) is 16.5. The number of hydrogen-bond acceptors (Lipinski definition) is 11. The predicted octanol–water partition coefficient (Wildman–Crippen LogP) is -4.33. The second kappa shape index (κ2) is 24.1. The van der Waals surface area contributed by atoms with Gasteiger partial charge in [-0.2, -0.15) is 11.8 Å². The van der Waals surface area contributed by atoms with Crippen LogP contribution in [0.5, 0.6) is 0 Å². The molecule has 6 amide bonds. The van der Waals surface area contributed by atoms with E-state index in [9.17, 15) is 38.7 Å². The highest BCUT2D eigenvalue weighted by Crippen LogP contribution is 2.07. The highest BCUT2D eigenvalue weighted by atomic mass is 32.2. The molecule has 0 aromatic heterocycles. The van der Waals surface area contributed by atoms with Crippen LogP contribution in [0.25, 0.3) is 0 Å². The van der Waals surface area contributed by atoms with Gasteiger partial charge in [0, 0.05) is 13.0 Å². The lowest BCUT2D eigenvalue weighted by Gasteiger charge is -2.26. The molecule has 0 heterocycles. The van der Waals surface area contributed by atoms with Gasteiger partial charge in [-0.3, -0.25) is 33.8 Å². The van der Waals surface area contributed by atoms with Gasteiger partial charge in [-0.25, -0.2) is 4.79 Å². The maximum atomic E-state index is 13.4. The fraction of sp³-hybridized carbons (Fsp3) is 0.704. The van der Waals surface area contributed by atoms with Crippen molar-refractivity contribution in [2.75, 3.05) is 31.6 Å². The summed E-state index contributed by atoms with van der Waals surface area (Å²) in [5.74, 6) is -5.40. The molecule has 0 aromatic rings. The maximum absolute atomic E-state index is 13.4. The summed E-state index contributed by atoms with van der Waals surface area (Å²) in [4.78, 5) is 91.1. The second-order valence-corrected chi connectivity index (χ2v) is 11.6. The number of nitrogens with two attached hydrogens (primary N) is 5. The summed E-state index contributed by atoms with van der Waals surface area (Å²) >= 11 is 1.40. The Balaban J connectivity index is 5.80. The van der Waals surface area contributed by atoms with Crippen LogP contribution in [0.2, 0.25) is 0 Å². The quantitative estimate of drug-likeness (QED) is 0.0246. The van der Waals surface area contributed by atoms with Gasteiger partial charge in [0.25, 0.3) is 0 Å². The van der Waals surface area contributed by atoms with Gasteiger partial charge in [0.2, 0.25) is 35.4 Å². The van der Waals surface area contributed by atoms with E-state index in [0.29, 0.717) is 25.1 Å². The van der Waals surface area contributed by atoms with E-state index in [1.807, 2.05) is 0 Å². The fourth-order valence-electron chi connectivity index (χ4n) is 4.06. The smallest absolute Gasteiger partial charge is 0.326 e. The van der Waals surface area contributed by atoms with Crippen molar-refractivity contribution in [1.29, 1.82) is 0 Å². The Kier molecular flexibility index (Phi) is 21.9. The van der Waals surface area contributed by atoms with Crippen LogP contribution in [0.3, 0.4) is 0 Å². The molecule has 0 radical (unpaired) electrons. The Labute approximate surface area is 278 Å². The van der Waals surface area contributed by atoms with E-state index < -0.39 is 71.6 Å². The molecule has 0 aliphatic carbocycles. The van der Waals surface area contributed by atoms with E-state index in [-0.39, 0.29) is 57.6 Å². The summed E-state index contributed by atoms with van der Waals surface area (Å²) in [6.07, 6.45) is 2.98. The molecule has 20 heteroatoms. The largest absolute Gasteiger partial charge is 0.480 e. The van der Waals surface area contributed by atoms with E-state index >= 15 is 0 Å². The number of nitrogens with zero attached hydrogens (tertiary/aromatic N) is 1. The van der Waals surface area contributed by atoms with Crippen molar-refractivity contribution in [2.45, 2.75) is 88.5 Å². The van der Waals surface area contributed by atoms with Gasteiger partial charge in [-0.15, -0.1) is 0 Å². The number of rotatable bonds is 25. The third kappa shape index (κ3) is 19.2. The molecule has 0 aliphatic heterocycles. The molecule has 268 valence electrons. The first kappa shape index (κ1) is 42.8. The Morgan fingerprint density at radius 1 is 0.702 bits per heavy atom. The minimum absolute atomic E-state index is 0.00771. The molecule has 0 saturated heterocycles. The molecule has 0 saturated carbocycles. The van der Waals surface area contributed by atoms with Crippen molar-refractivity contribution >= 4 is 59.1 Å². The molecule has 0 spiro atoms. The van der Waals surface area contributed by atoms with Crippen molar-refractivity contribution in [3.63, 3.8) is 0 Å². The summed E-state index contributed by atoms with van der Waals surface area (Å²) < 4.78 is 0. The molecule has 19 nitrogen and oxygen atoms in total. The number of hydrogen-bond donors (Lipinski definition) is 11. The standard InChI is InChI=1S/C27H51N11O8S/c1-15(34-23(42)16(6-3-4-11-28)35-21(40)14-29)22(41)36-18(10-13-47-2)25(44)37-17(7-5-12-33-27(31)32)24(43)38-19(26(45)46)8-9-20(30)39/h15-19H,3-14,28-29H2,1-2H3,(H2,30,39)(H,34,42)(H,35,40)(H,36,41)(H,37,44)(H,38,43)(H,45,46)(H4,31,32,33)/t15-,16-,17-,18-,19-/m0/s1. The molecule has 0 bridgehead atoms. The Morgan fingerprint density at radius 3 is 1.77 bits per heavy atom. The zero-order valence-corrected chi connectivity index (χ0v) is 27.7. The molecule has 0 aromatic carbocycles. The number of primary amides is 1. The number of carbonyl (C=O) groups excluding carboxylic acids is 6. The van der Waals surface area contributed by atoms with Gasteiger partial charge in [-0.1, -0.05) is 0 Å². The molecule has 47 heavy (non-hydrogen) atoms. The van der Waals surface area contributed by atoms with Crippen molar-refractivity contribution < 1.29 is 38.7 Å². The zero-order valence-electron chi connectivity index (χ0n) is 26.9.